The number of carbonyl (C=O) groups excluding carboxylic acids is 1. The summed E-state index contributed by atoms with van der Waals surface area (Å²) in [6.45, 7) is 0.416. The smallest absolute Gasteiger partial charge is 0.327 e. The maximum absolute atomic E-state index is 14.7. The van der Waals surface area contributed by atoms with Crippen LogP contribution < -0.4 is 0 Å². The first kappa shape index (κ1) is 17.6. The average molecular weight is 374 g/mol. The minimum absolute atomic E-state index is 0.416. The van der Waals surface area contributed by atoms with E-state index in [0.29, 0.717) is 6.92 Å². The predicted octanol–water partition coefficient (Wildman–Crippen LogP) is 3.48. The van der Waals surface area contributed by atoms with Crippen molar-refractivity contribution in [2.24, 2.45) is 0 Å². The summed E-state index contributed by atoms with van der Waals surface area (Å²) in [6.07, 6.45) is -9.54. The third-order valence-electron chi connectivity index (χ3n) is 5.15. The van der Waals surface area contributed by atoms with Crippen molar-refractivity contribution in [3.8, 4) is 0 Å². The Morgan fingerprint density at radius 1 is 0.750 bits per heavy atom. The largest absolute Gasteiger partial charge is 0.455 e. The number of carbonyl (C=O) groups is 1. The maximum Gasteiger partial charge on any atom is 0.327 e. The molecule has 4 rings (SSSR count). The number of rotatable bonds is 1. The van der Waals surface area contributed by atoms with E-state index in [0.717, 1.165) is 0 Å². The molecule has 0 saturated heterocycles. The minimum Gasteiger partial charge on any atom is -0.455 e. The summed E-state index contributed by atoms with van der Waals surface area (Å²) in [6, 6.07) is 0. The molecule has 0 amide bonds. The predicted molar refractivity (Wildman–Crippen MR) is 55.0 cm³/mol. The number of hydrogen-bond acceptors (Lipinski definition) is 2. The summed E-state index contributed by atoms with van der Waals surface area (Å²) in [7, 11) is 0. The van der Waals surface area contributed by atoms with Gasteiger partial charge in [0.1, 0.15) is 0 Å². The van der Waals surface area contributed by atoms with E-state index >= 15 is 0 Å². The van der Waals surface area contributed by atoms with Gasteiger partial charge < -0.3 is 4.74 Å². The van der Waals surface area contributed by atoms with Crippen molar-refractivity contribution in [2.75, 3.05) is 0 Å². The Labute approximate surface area is 127 Å². The first-order chi connectivity index (χ1) is 10.5. The van der Waals surface area contributed by atoms with E-state index in [9.17, 15) is 48.7 Å². The molecule has 138 valence electrons. The van der Waals surface area contributed by atoms with Gasteiger partial charge in [0.2, 0.25) is 22.7 Å². The fourth-order valence-corrected chi connectivity index (χ4v) is 3.97. The Balaban J connectivity index is 2.36. The zero-order chi connectivity index (χ0) is 18.8. The van der Waals surface area contributed by atoms with Crippen LogP contribution in [0.4, 0.5) is 43.9 Å². The van der Waals surface area contributed by atoms with E-state index in [1.54, 1.807) is 0 Å². The summed E-state index contributed by atoms with van der Waals surface area (Å²) >= 11 is 0. The number of ether oxygens (including phenoxy) is 1. The molecular weight excluding hydrogens is 366 g/mol. The van der Waals surface area contributed by atoms with Gasteiger partial charge in [-0.1, -0.05) is 0 Å². The maximum atomic E-state index is 14.7. The quantitative estimate of drug-likeness (QED) is 0.519. The SMILES string of the molecule is CC(=O)OC1[C@]2(F)C[C@@]3(F)C(F)(F)[C@](F)(C[C@]1(F)C3(F)F)C2(F)F. The van der Waals surface area contributed by atoms with Crippen LogP contribution >= 0.6 is 0 Å². The first-order valence-electron chi connectivity index (χ1n) is 6.53. The zero-order valence-electron chi connectivity index (χ0n) is 11.6. The normalized spacial score (nSPS) is 53.0. The van der Waals surface area contributed by atoms with E-state index < -0.39 is 65.4 Å². The van der Waals surface area contributed by atoms with Gasteiger partial charge in [0, 0.05) is 19.8 Å². The fourth-order valence-electron chi connectivity index (χ4n) is 3.97. The van der Waals surface area contributed by atoms with Crippen molar-refractivity contribution >= 4 is 5.97 Å². The van der Waals surface area contributed by atoms with Crippen molar-refractivity contribution in [1.82, 2.24) is 0 Å². The van der Waals surface area contributed by atoms with E-state index in [-0.39, 0.29) is 0 Å². The van der Waals surface area contributed by atoms with Gasteiger partial charge in [0.25, 0.3) is 0 Å². The van der Waals surface area contributed by atoms with Gasteiger partial charge in [-0.05, 0) is 0 Å². The molecule has 4 bridgehead atoms. The van der Waals surface area contributed by atoms with Gasteiger partial charge >= 0.3 is 23.7 Å². The summed E-state index contributed by atoms with van der Waals surface area (Å²) in [5, 5.41) is 0. The zero-order valence-corrected chi connectivity index (χ0v) is 11.6. The molecular formula is C12H8F10O2. The molecule has 4 fully saturated rings. The molecule has 0 aliphatic heterocycles. The van der Waals surface area contributed by atoms with Crippen LogP contribution in [0.3, 0.4) is 0 Å². The molecule has 4 saturated carbocycles. The Morgan fingerprint density at radius 3 is 1.38 bits per heavy atom. The Morgan fingerprint density at radius 2 is 1.08 bits per heavy atom. The number of esters is 1. The van der Waals surface area contributed by atoms with Crippen molar-refractivity contribution in [3.05, 3.63) is 0 Å². The lowest BCUT2D eigenvalue weighted by molar-refractivity contribution is -0.490. The lowest BCUT2D eigenvalue weighted by Crippen LogP contribution is -2.96. The van der Waals surface area contributed by atoms with Gasteiger partial charge in [0.05, 0.1) is 0 Å². The highest BCUT2D eigenvalue weighted by Gasteiger charge is 3.05. The van der Waals surface area contributed by atoms with Crippen molar-refractivity contribution < 1.29 is 53.4 Å². The van der Waals surface area contributed by atoms with Crippen LogP contribution in [0.2, 0.25) is 0 Å². The van der Waals surface area contributed by atoms with E-state index in [1.807, 2.05) is 0 Å². The third kappa shape index (κ3) is 1.24. The molecule has 0 unspecified atom stereocenters. The second kappa shape index (κ2) is 3.79. The first-order valence-corrected chi connectivity index (χ1v) is 6.53. The van der Waals surface area contributed by atoms with Gasteiger partial charge in [-0.15, -0.1) is 0 Å². The second-order valence-electron chi connectivity index (χ2n) is 6.39. The highest BCUT2D eigenvalue weighted by molar-refractivity contribution is 5.67. The molecule has 0 radical (unpaired) electrons. The van der Waals surface area contributed by atoms with Gasteiger partial charge in [-0.3, -0.25) is 4.79 Å². The van der Waals surface area contributed by atoms with Crippen molar-refractivity contribution in [3.63, 3.8) is 0 Å². The number of hydrogen-bond donors (Lipinski definition) is 0. The molecule has 0 spiro atoms. The standard InChI is InChI=1S/C12H8F10O2/c1-4(23)24-5-6(13)2-8(15)11(19,20)7(5,14)3-9(16,10(6,17)18)12(8,21)22/h5H,2-3H2,1H3/t6-,7-,8+,9+/m1/s1. The van der Waals surface area contributed by atoms with Crippen LogP contribution in [0.25, 0.3) is 0 Å². The van der Waals surface area contributed by atoms with E-state index in [1.165, 1.54) is 0 Å². The van der Waals surface area contributed by atoms with Crippen LogP contribution in [-0.2, 0) is 9.53 Å². The molecule has 0 aromatic carbocycles. The Bertz CT molecular complexity index is 593. The molecule has 4 atom stereocenters. The molecule has 0 aromatic heterocycles. The molecule has 0 aromatic rings. The van der Waals surface area contributed by atoms with Crippen molar-refractivity contribution in [2.45, 2.75) is 66.3 Å². The average Bonchev–Trinajstić information content (AvgIpc) is 2.39. The molecule has 0 heterocycles. The molecule has 4 aliphatic rings. The topological polar surface area (TPSA) is 26.3 Å². The lowest BCUT2D eigenvalue weighted by Gasteiger charge is -2.69. The van der Waals surface area contributed by atoms with Crippen LogP contribution in [0, 0.1) is 0 Å². The van der Waals surface area contributed by atoms with E-state index in [4.69, 9.17) is 0 Å². The molecule has 4 aliphatic carbocycles. The van der Waals surface area contributed by atoms with Crippen LogP contribution in [0.1, 0.15) is 19.8 Å². The highest BCUT2D eigenvalue weighted by atomic mass is 19.3. The van der Waals surface area contributed by atoms with Gasteiger partial charge in [0.15, 0.2) is 6.10 Å². The molecule has 24 heavy (non-hydrogen) atoms. The number of halogens is 10. The van der Waals surface area contributed by atoms with Crippen LogP contribution in [0.15, 0.2) is 0 Å². The van der Waals surface area contributed by atoms with Crippen molar-refractivity contribution in [1.29, 1.82) is 0 Å². The summed E-state index contributed by atoms with van der Waals surface area (Å²) in [4.78, 5) is 10.8. The Kier molecular flexibility index (Phi) is 2.78. The third-order valence-corrected chi connectivity index (χ3v) is 5.15. The lowest BCUT2D eigenvalue weighted by atomic mass is 9.44. The van der Waals surface area contributed by atoms with Gasteiger partial charge in [-0.25, -0.2) is 17.6 Å². The van der Waals surface area contributed by atoms with Gasteiger partial charge in [-0.2, -0.15) is 26.3 Å². The molecule has 2 nitrogen and oxygen atoms in total. The Hall–Kier alpha value is -1.23. The van der Waals surface area contributed by atoms with E-state index in [2.05, 4.69) is 4.74 Å². The second-order valence-corrected chi connectivity index (χ2v) is 6.39. The highest BCUT2D eigenvalue weighted by Crippen LogP contribution is 2.79. The summed E-state index contributed by atoms with van der Waals surface area (Å²) < 4.78 is 146. The van der Waals surface area contributed by atoms with Crippen LogP contribution in [-0.4, -0.2) is 52.5 Å². The molecule has 0 N–H and O–H groups in total. The minimum atomic E-state index is -6.08. The summed E-state index contributed by atoms with van der Waals surface area (Å²) in [5.74, 6) is -19.4. The summed E-state index contributed by atoms with van der Waals surface area (Å²) in [5.41, 5.74) is -21.0. The fraction of sp³-hybridized carbons (Fsp3) is 0.917. The monoisotopic (exact) mass is 374 g/mol. The number of alkyl halides is 10. The molecule has 12 heteroatoms. The van der Waals surface area contributed by atoms with Crippen LogP contribution in [0.5, 0.6) is 0 Å².